The average Bonchev–Trinajstić information content (AvgIpc) is 2.22. The van der Waals surface area contributed by atoms with Gasteiger partial charge < -0.3 is 10.1 Å². The Morgan fingerprint density at radius 1 is 1.00 bits per heavy atom. The van der Waals surface area contributed by atoms with E-state index in [2.05, 4.69) is 26.1 Å². The van der Waals surface area contributed by atoms with Crippen molar-refractivity contribution >= 4 is 0 Å². The van der Waals surface area contributed by atoms with Crippen molar-refractivity contribution in [1.29, 1.82) is 0 Å². The maximum atomic E-state index is 5.48. The third-order valence-corrected chi connectivity index (χ3v) is 2.53. The van der Waals surface area contributed by atoms with Crippen LogP contribution in [0.25, 0.3) is 0 Å². The topological polar surface area (TPSA) is 21.3 Å². The highest BCUT2D eigenvalue weighted by atomic mass is 16.5. The molecule has 0 rings (SSSR count). The molecule has 0 atom stereocenters. The zero-order valence-electron chi connectivity index (χ0n) is 10.1. The molecule has 0 saturated heterocycles. The van der Waals surface area contributed by atoms with E-state index < -0.39 is 0 Å². The van der Waals surface area contributed by atoms with E-state index in [1.54, 1.807) is 0 Å². The van der Waals surface area contributed by atoms with Crippen LogP contribution in [0, 0.1) is 0 Å². The van der Waals surface area contributed by atoms with E-state index in [0.29, 0.717) is 6.04 Å². The van der Waals surface area contributed by atoms with Gasteiger partial charge in [0.25, 0.3) is 0 Å². The fourth-order valence-corrected chi connectivity index (χ4v) is 1.41. The normalized spacial score (nSPS) is 11.1. The highest BCUT2D eigenvalue weighted by Gasteiger charge is 2.00. The summed E-state index contributed by atoms with van der Waals surface area (Å²) in [6.07, 6.45) is 6.02. The van der Waals surface area contributed by atoms with Crippen molar-refractivity contribution in [3.05, 3.63) is 0 Å². The van der Waals surface area contributed by atoms with Crippen LogP contribution in [0.2, 0.25) is 0 Å². The first kappa shape index (κ1) is 13.9. The Labute approximate surface area is 89.4 Å². The second-order valence-corrected chi connectivity index (χ2v) is 3.79. The van der Waals surface area contributed by atoms with Gasteiger partial charge in [0.2, 0.25) is 0 Å². The minimum absolute atomic E-state index is 0.700. The van der Waals surface area contributed by atoms with E-state index in [9.17, 15) is 0 Å². The summed E-state index contributed by atoms with van der Waals surface area (Å²) in [6.45, 7) is 9.60. The molecule has 0 aliphatic carbocycles. The zero-order chi connectivity index (χ0) is 10.6. The molecule has 0 saturated carbocycles. The van der Waals surface area contributed by atoms with Gasteiger partial charge in [0.05, 0.1) is 0 Å². The van der Waals surface area contributed by atoms with Gasteiger partial charge in [0.1, 0.15) is 0 Å². The van der Waals surface area contributed by atoms with Crippen LogP contribution >= 0.6 is 0 Å². The minimum atomic E-state index is 0.700. The molecule has 0 heterocycles. The van der Waals surface area contributed by atoms with Crippen molar-refractivity contribution in [2.75, 3.05) is 19.8 Å². The third kappa shape index (κ3) is 8.52. The second-order valence-electron chi connectivity index (χ2n) is 3.79. The molecule has 0 spiro atoms. The molecule has 0 radical (unpaired) electrons. The Morgan fingerprint density at radius 2 is 1.64 bits per heavy atom. The van der Waals surface area contributed by atoms with Gasteiger partial charge in [-0.15, -0.1) is 0 Å². The first-order valence-corrected chi connectivity index (χ1v) is 6.16. The van der Waals surface area contributed by atoms with Crippen LogP contribution in [0.1, 0.15) is 52.9 Å². The van der Waals surface area contributed by atoms with Gasteiger partial charge >= 0.3 is 0 Å². The molecule has 0 aromatic heterocycles. The van der Waals surface area contributed by atoms with Gasteiger partial charge in [0.15, 0.2) is 0 Å². The van der Waals surface area contributed by atoms with E-state index in [0.717, 1.165) is 26.2 Å². The first-order chi connectivity index (χ1) is 6.85. The van der Waals surface area contributed by atoms with Gasteiger partial charge in [-0.1, -0.05) is 27.2 Å². The SMILES string of the molecule is CCCCOCCCNC(CC)CC. The van der Waals surface area contributed by atoms with Gasteiger partial charge in [-0.05, 0) is 32.2 Å². The Bertz CT molecular complexity index is 102. The van der Waals surface area contributed by atoms with Crippen LogP contribution in [-0.2, 0) is 4.74 Å². The van der Waals surface area contributed by atoms with Crippen molar-refractivity contribution in [2.24, 2.45) is 0 Å². The first-order valence-electron chi connectivity index (χ1n) is 6.16. The quantitative estimate of drug-likeness (QED) is 0.549. The summed E-state index contributed by atoms with van der Waals surface area (Å²) in [4.78, 5) is 0. The minimum Gasteiger partial charge on any atom is -0.381 e. The van der Waals surface area contributed by atoms with Crippen LogP contribution in [-0.4, -0.2) is 25.8 Å². The maximum Gasteiger partial charge on any atom is 0.0478 e. The molecule has 0 amide bonds. The number of rotatable bonds is 10. The van der Waals surface area contributed by atoms with Crippen LogP contribution in [0.3, 0.4) is 0 Å². The Morgan fingerprint density at radius 3 is 2.21 bits per heavy atom. The molecule has 0 aromatic carbocycles. The maximum absolute atomic E-state index is 5.48. The molecule has 1 N–H and O–H groups in total. The van der Waals surface area contributed by atoms with Crippen molar-refractivity contribution in [2.45, 2.75) is 58.9 Å². The van der Waals surface area contributed by atoms with Crippen LogP contribution in [0.4, 0.5) is 0 Å². The zero-order valence-corrected chi connectivity index (χ0v) is 10.1. The summed E-state index contributed by atoms with van der Waals surface area (Å²) in [5.41, 5.74) is 0. The molecule has 0 aliphatic heterocycles. The molecule has 0 aliphatic rings. The lowest BCUT2D eigenvalue weighted by Crippen LogP contribution is -2.29. The average molecular weight is 201 g/mol. The van der Waals surface area contributed by atoms with Gasteiger partial charge in [-0.2, -0.15) is 0 Å². The Balaban J connectivity index is 3.04. The Hall–Kier alpha value is -0.0800. The molecule has 0 unspecified atom stereocenters. The van der Waals surface area contributed by atoms with Crippen LogP contribution in [0.15, 0.2) is 0 Å². The summed E-state index contributed by atoms with van der Waals surface area (Å²) >= 11 is 0. The molecule has 0 aromatic rings. The van der Waals surface area contributed by atoms with Crippen molar-refractivity contribution < 1.29 is 4.74 Å². The highest BCUT2D eigenvalue weighted by molar-refractivity contribution is 4.61. The summed E-state index contributed by atoms with van der Waals surface area (Å²) in [6, 6.07) is 0.700. The Kier molecular flexibility index (Phi) is 10.9. The molecular weight excluding hydrogens is 174 g/mol. The molecule has 2 heteroatoms. The predicted molar refractivity (Wildman–Crippen MR) is 62.7 cm³/mol. The van der Waals surface area contributed by atoms with E-state index in [1.165, 1.54) is 25.7 Å². The largest absolute Gasteiger partial charge is 0.381 e. The molecular formula is C12H27NO. The third-order valence-electron chi connectivity index (χ3n) is 2.53. The summed E-state index contributed by atoms with van der Waals surface area (Å²) < 4.78 is 5.48. The number of hydrogen-bond donors (Lipinski definition) is 1. The monoisotopic (exact) mass is 201 g/mol. The second kappa shape index (κ2) is 11.0. The molecule has 2 nitrogen and oxygen atoms in total. The number of hydrogen-bond acceptors (Lipinski definition) is 2. The van der Waals surface area contributed by atoms with Gasteiger partial charge in [-0.25, -0.2) is 0 Å². The van der Waals surface area contributed by atoms with Crippen molar-refractivity contribution in [1.82, 2.24) is 5.32 Å². The highest BCUT2D eigenvalue weighted by Crippen LogP contribution is 1.96. The van der Waals surface area contributed by atoms with Crippen molar-refractivity contribution in [3.63, 3.8) is 0 Å². The van der Waals surface area contributed by atoms with Crippen LogP contribution < -0.4 is 5.32 Å². The van der Waals surface area contributed by atoms with Gasteiger partial charge in [0, 0.05) is 19.3 Å². The lowest BCUT2D eigenvalue weighted by atomic mass is 10.2. The molecule has 14 heavy (non-hydrogen) atoms. The number of unbranched alkanes of at least 4 members (excludes halogenated alkanes) is 1. The fourth-order valence-electron chi connectivity index (χ4n) is 1.41. The lowest BCUT2D eigenvalue weighted by Gasteiger charge is -2.14. The smallest absolute Gasteiger partial charge is 0.0478 e. The van der Waals surface area contributed by atoms with E-state index in [4.69, 9.17) is 4.74 Å². The van der Waals surface area contributed by atoms with Crippen LogP contribution in [0.5, 0.6) is 0 Å². The lowest BCUT2D eigenvalue weighted by molar-refractivity contribution is 0.128. The predicted octanol–water partition coefficient (Wildman–Crippen LogP) is 2.97. The molecule has 0 fully saturated rings. The summed E-state index contributed by atoms with van der Waals surface area (Å²) in [7, 11) is 0. The van der Waals surface area contributed by atoms with E-state index in [-0.39, 0.29) is 0 Å². The number of nitrogens with one attached hydrogen (secondary N) is 1. The van der Waals surface area contributed by atoms with E-state index >= 15 is 0 Å². The van der Waals surface area contributed by atoms with Crippen molar-refractivity contribution in [3.8, 4) is 0 Å². The summed E-state index contributed by atoms with van der Waals surface area (Å²) in [5.74, 6) is 0. The summed E-state index contributed by atoms with van der Waals surface area (Å²) in [5, 5.41) is 3.53. The van der Waals surface area contributed by atoms with Gasteiger partial charge in [-0.3, -0.25) is 0 Å². The van der Waals surface area contributed by atoms with E-state index in [1.807, 2.05) is 0 Å². The standard InChI is InChI=1S/C12H27NO/c1-4-7-10-14-11-8-9-13-12(5-2)6-3/h12-13H,4-11H2,1-3H3. The fraction of sp³-hybridized carbons (Fsp3) is 1.00. The molecule has 0 bridgehead atoms. The molecule has 86 valence electrons. The number of ether oxygens (including phenoxy) is 1.